The van der Waals surface area contributed by atoms with Gasteiger partial charge < -0.3 is 15.2 Å². The van der Waals surface area contributed by atoms with Crippen LogP contribution in [0.25, 0.3) is 10.8 Å². The van der Waals surface area contributed by atoms with Crippen molar-refractivity contribution in [3.8, 4) is 5.75 Å². The molecular weight excluding hydrogens is 286 g/mol. The maximum absolute atomic E-state index is 10.4. The van der Waals surface area contributed by atoms with E-state index in [0.29, 0.717) is 13.0 Å². The molecule has 3 rings (SSSR count). The first-order valence-electron chi connectivity index (χ1n) is 7.81. The Labute approximate surface area is 136 Å². The number of aliphatic hydroxyl groups excluding tert-OH is 1. The van der Waals surface area contributed by atoms with Gasteiger partial charge in [0.25, 0.3) is 0 Å². The summed E-state index contributed by atoms with van der Waals surface area (Å²) >= 11 is 0. The SMILES string of the molecule is COc1ccc(NCCC(O)c2ccc3ccccc3c2)cc1. The summed E-state index contributed by atoms with van der Waals surface area (Å²) in [4.78, 5) is 0. The lowest BCUT2D eigenvalue weighted by Gasteiger charge is -2.13. The molecule has 0 spiro atoms. The molecule has 3 aromatic carbocycles. The van der Waals surface area contributed by atoms with Crippen molar-refractivity contribution in [1.82, 2.24) is 0 Å². The Morgan fingerprint density at radius 1 is 0.957 bits per heavy atom. The van der Waals surface area contributed by atoms with E-state index in [2.05, 4.69) is 29.6 Å². The summed E-state index contributed by atoms with van der Waals surface area (Å²) in [7, 11) is 1.66. The van der Waals surface area contributed by atoms with Gasteiger partial charge in [-0.3, -0.25) is 0 Å². The number of nitrogens with one attached hydrogen (secondary N) is 1. The molecule has 0 saturated carbocycles. The van der Waals surface area contributed by atoms with Crippen LogP contribution in [0.1, 0.15) is 18.1 Å². The van der Waals surface area contributed by atoms with Gasteiger partial charge in [0.05, 0.1) is 13.2 Å². The quantitative estimate of drug-likeness (QED) is 0.710. The van der Waals surface area contributed by atoms with Gasteiger partial charge >= 0.3 is 0 Å². The second kappa shape index (κ2) is 7.16. The van der Waals surface area contributed by atoms with Crippen LogP contribution >= 0.6 is 0 Å². The van der Waals surface area contributed by atoms with E-state index in [9.17, 15) is 5.11 Å². The van der Waals surface area contributed by atoms with E-state index >= 15 is 0 Å². The normalized spacial score (nSPS) is 12.1. The second-order valence-corrected chi connectivity index (χ2v) is 5.57. The van der Waals surface area contributed by atoms with Crippen LogP contribution in [0.4, 0.5) is 5.69 Å². The monoisotopic (exact) mass is 307 g/mol. The van der Waals surface area contributed by atoms with Crippen LogP contribution in [-0.2, 0) is 0 Å². The third kappa shape index (κ3) is 3.82. The van der Waals surface area contributed by atoms with Crippen molar-refractivity contribution in [2.45, 2.75) is 12.5 Å². The van der Waals surface area contributed by atoms with Crippen LogP contribution in [0.5, 0.6) is 5.75 Å². The Morgan fingerprint density at radius 3 is 2.43 bits per heavy atom. The molecule has 0 amide bonds. The molecule has 3 nitrogen and oxygen atoms in total. The number of fused-ring (bicyclic) bond motifs is 1. The number of methoxy groups -OCH3 is 1. The van der Waals surface area contributed by atoms with Gasteiger partial charge in [-0.1, -0.05) is 36.4 Å². The molecule has 0 fully saturated rings. The van der Waals surface area contributed by atoms with Crippen molar-refractivity contribution in [2.75, 3.05) is 19.0 Å². The average molecular weight is 307 g/mol. The van der Waals surface area contributed by atoms with Crippen LogP contribution in [0.15, 0.2) is 66.7 Å². The molecule has 0 saturated heterocycles. The molecule has 0 radical (unpaired) electrons. The summed E-state index contributed by atoms with van der Waals surface area (Å²) in [6.07, 6.45) is 0.190. The molecule has 0 heterocycles. The van der Waals surface area contributed by atoms with Crippen molar-refractivity contribution in [3.05, 3.63) is 72.3 Å². The van der Waals surface area contributed by atoms with Gasteiger partial charge in [0.1, 0.15) is 5.75 Å². The number of aliphatic hydroxyl groups is 1. The lowest BCUT2D eigenvalue weighted by Crippen LogP contribution is -2.07. The van der Waals surface area contributed by atoms with Gasteiger partial charge in [-0.05, 0) is 53.1 Å². The summed E-state index contributed by atoms with van der Waals surface area (Å²) < 4.78 is 5.14. The number of ether oxygens (including phenoxy) is 1. The zero-order chi connectivity index (χ0) is 16.1. The Hall–Kier alpha value is -2.52. The predicted molar refractivity (Wildman–Crippen MR) is 95.0 cm³/mol. The fourth-order valence-electron chi connectivity index (χ4n) is 2.64. The fraction of sp³-hybridized carbons (Fsp3) is 0.200. The van der Waals surface area contributed by atoms with Crippen molar-refractivity contribution in [1.29, 1.82) is 0 Å². The molecule has 3 heteroatoms. The molecule has 23 heavy (non-hydrogen) atoms. The Kier molecular flexibility index (Phi) is 4.79. The van der Waals surface area contributed by atoms with E-state index in [-0.39, 0.29) is 0 Å². The third-order valence-corrected chi connectivity index (χ3v) is 4.00. The lowest BCUT2D eigenvalue weighted by molar-refractivity contribution is 0.172. The number of anilines is 1. The summed E-state index contributed by atoms with van der Waals surface area (Å²) in [5.41, 5.74) is 1.98. The van der Waals surface area contributed by atoms with Gasteiger partial charge in [0.15, 0.2) is 0 Å². The number of rotatable bonds is 6. The highest BCUT2D eigenvalue weighted by atomic mass is 16.5. The maximum Gasteiger partial charge on any atom is 0.119 e. The Morgan fingerprint density at radius 2 is 1.70 bits per heavy atom. The number of hydrogen-bond acceptors (Lipinski definition) is 3. The highest BCUT2D eigenvalue weighted by Crippen LogP contribution is 2.22. The van der Waals surface area contributed by atoms with Gasteiger partial charge in [0, 0.05) is 12.2 Å². The largest absolute Gasteiger partial charge is 0.497 e. The minimum atomic E-state index is -0.467. The molecule has 0 bridgehead atoms. The summed E-state index contributed by atoms with van der Waals surface area (Å²) in [5.74, 6) is 0.840. The van der Waals surface area contributed by atoms with Gasteiger partial charge in [-0.25, -0.2) is 0 Å². The summed E-state index contributed by atoms with van der Waals surface area (Å²) in [5, 5.41) is 16.1. The van der Waals surface area contributed by atoms with E-state index in [1.807, 2.05) is 42.5 Å². The van der Waals surface area contributed by atoms with Crippen LogP contribution in [0.3, 0.4) is 0 Å². The van der Waals surface area contributed by atoms with Crippen LogP contribution in [-0.4, -0.2) is 18.8 Å². The molecule has 0 aliphatic rings. The molecule has 2 N–H and O–H groups in total. The average Bonchev–Trinajstić information content (AvgIpc) is 2.61. The van der Waals surface area contributed by atoms with E-state index < -0.39 is 6.10 Å². The standard InChI is InChI=1S/C20H21NO2/c1-23-19-10-8-18(9-11-19)21-13-12-20(22)17-7-6-15-4-2-3-5-16(15)14-17/h2-11,14,20-22H,12-13H2,1H3. The molecule has 3 aromatic rings. The van der Waals surface area contributed by atoms with Crippen molar-refractivity contribution in [3.63, 3.8) is 0 Å². The van der Waals surface area contributed by atoms with Gasteiger partial charge in [-0.15, -0.1) is 0 Å². The van der Waals surface area contributed by atoms with Crippen molar-refractivity contribution < 1.29 is 9.84 Å². The molecular formula is C20H21NO2. The zero-order valence-electron chi connectivity index (χ0n) is 13.2. The lowest BCUT2D eigenvalue weighted by atomic mass is 10.0. The first-order valence-corrected chi connectivity index (χ1v) is 7.81. The highest BCUT2D eigenvalue weighted by molar-refractivity contribution is 5.83. The maximum atomic E-state index is 10.4. The highest BCUT2D eigenvalue weighted by Gasteiger charge is 2.08. The second-order valence-electron chi connectivity index (χ2n) is 5.57. The first-order chi connectivity index (χ1) is 11.3. The molecule has 0 aliphatic carbocycles. The molecule has 1 unspecified atom stereocenters. The molecule has 118 valence electrons. The smallest absolute Gasteiger partial charge is 0.119 e. The van der Waals surface area contributed by atoms with E-state index in [0.717, 1.165) is 22.4 Å². The fourth-order valence-corrected chi connectivity index (χ4v) is 2.64. The summed E-state index contributed by atoms with van der Waals surface area (Å²) in [6.45, 7) is 0.709. The first kappa shape index (κ1) is 15.4. The van der Waals surface area contributed by atoms with Gasteiger partial charge in [0.2, 0.25) is 0 Å². The zero-order valence-corrected chi connectivity index (χ0v) is 13.2. The van der Waals surface area contributed by atoms with E-state index in [4.69, 9.17) is 4.74 Å². The number of hydrogen-bond donors (Lipinski definition) is 2. The van der Waals surface area contributed by atoms with Crippen LogP contribution in [0, 0.1) is 0 Å². The topological polar surface area (TPSA) is 41.5 Å². The van der Waals surface area contributed by atoms with Gasteiger partial charge in [-0.2, -0.15) is 0 Å². The van der Waals surface area contributed by atoms with Crippen molar-refractivity contribution >= 4 is 16.5 Å². The van der Waals surface area contributed by atoms with Crippen LogP contribution in [0.2, 0.25) is 0 Å². The minimum absolute atomic E-state index is 0.467. The minimum Gasteiger partial charge on any atom is -0.497 e. The molecule has 0 aliphatic heterocycles. The van der Waals surface area contributed by atoms with E-state index in [1.54, 1.807) is 7.11 Å². The third-order valence-electron chi connectivity index (χ3n) is 4.00. The molecule has 1 atom stereocenters. The Balaban J connectivity index is 1.58. The summed E-state index contributed by atoms with van der Waals surface area (Å²) in [6, 6.07) is 22.1. The molecule has 0 aromatic heterocycles. The van der Waals surface area contributed by atoms with Crippen LogP contribution < -0.4 is 10.1 Å². The number of benzene rings is 3. The van der Waals surface area contributed by atoms with E-state index in [1.165, 1.54) is 5.39 Å². The van der Waals surface area contributed by atoms with Crippen molar-refractivity contribution in [2.24, 2.45) is 0 Å². The Bertz CT molecular complexity index is 768. The predicted octanol–water partition coefficient (Wildman–Crippen LogP) is 4.38.